The van der Waals surface area contributed by atoms with Crippen LogP contribution in [0.3, 0.4) is 0 Å². The largest absolute Gasteiger partial charge is 0.307 e. The second-order valence-corrected chi connectivity index (χ2v) is 11.3. The fourth-order valence-electron chi connectivity index (χ4n) is 6.33. The summed E-state index contributed by atoms with van der Waals surface area (Å²) >= 11 is 1.95. The summed E-state index contributed by atoms with van der Waals surface area (Å²) in [4.78, 5) is 2.71. The van der Waals surface area contributed by atoms with Crippen molar-refractivity contribution in [3.63, 3.8) is 0 Å². The van der Waals surface area contributed by atoms with Gasteiger partial charge in [-0.3, -0.25) is 0 Å². The third-order valence-electron chi connectivity index (χ3n) is 7.97. The van der Waals surface area contributed by atoms with Gasteiger partial charge in [-0.15, -0.1) is 0 Å². The second kappa shape index (κ2) is 6.68. The number of fused-ring (bicyclic) bond motifs is 9. The topological polar surface area (TPSA) is 4.93 Å². The zero-order valence-electron chi connectivity index (χ0n) is 19.7. The zero-order valence-corrected chi connectivity index (χ0v) is 20.5. The molecule has 0 saturated heterocycles. The SMILES string of the molecule is CC1(C)c2ccccc2-c2c1ccc1c2Sc2cc(-c3ccccc3)cc3c4ccccc4n-1c23. The normalized spacial score (nSPS) is 14.7. The fourth-order valence-corrected chi connectivity index (χ4v) is 7.62. The molecule has 0 bridgehead atoms. The molecule has 0 radical (unpaired) electrons. The number of hydrogen-bond acceptors (Lipinski definition) is 1. The van der Waals surface area contributed by atoms with Crippen LogP contribution >= 0.6 is 11.8 Å². The molecule has 1 nitrogen and oxygen atoms in total. The van der Waals surface area contributed by atoms with Crippen molar-refractivity contribution in [1.29, 1.82) is 0 Å². The molecule has 1 aliphatic carbocycles. The van der Waals surface area contributed by atoms with E-state index >= 15 is 0 Å². The molecule has 0 atom stereocenters. The highest BCUT2D eigenvalue weighted by atomic mass is 32.2. The average molecular weight is 466 g/mol. The smallest absolute Gasteiger partial charge is 0.0681 e. The Balaban J connectivity index is 1.51. The van der Waals surface area contributed by atoms with Crippen molar-refractivity contribution in [3.05, 3.63) is 114 Å². The molecule has 35 heavy (non-hydrogen) atoms. The second-order valence-electron chi connectivity index (χ2n) is 10.2. The molecule has 0 saturated carbocycles. The minimum Gasteiger partial charge on any atom is -0.307 e. The highest BCUT2D eigenvalue weighted by molar-refractivity contribution is 8.00. The molecule has 2 heteroatoms. The maximum absolute atomic E-state index is 2.51. The molecule has 0 unspecified atom stereocenters. The Hall–Kier alpha value is -3.75. The lowest BCUT2D eigenvalue weighted by Crippen LogP contribution is -2.15. The number of rotatable bonds is 1. The predicted octanol–water partition coefficient (Wildman–Crippen LogP) is 9.22. The summed E-state index contributed by atoms with van der Waals surface area (Å²) in [5.74, 6) is 0. The van der Waals surface area contributed by atoms with Gasteiger partial charge in [0.05, 0.1) is 16.7 Å². The average Bonchev–Trinajstić information content (AvgIpc) is 3.36. The number of hydrogen-bond donors (Lipinski definition) is 0. The Bertz CT molecular complexity index is 1840. The van der Waals surface area contributed by atoms with Crippen molar-refractivity contribution < 1.29 is 0 Å². The standard InChI is InChI=1S/C33H23NS/c1-33(2)25-14-8-6-13-23(25)30-26(33)16-17-28-32(30)35-29-19-21(20-10-4-3-5-11-20)18-24-22-12-7-9-15-27(22)34(28)31(24)29/h3-19H,1-2H3. The molecule has 5 aromatic carbocycles. The lowest BCUT2D eigenvalue weighted by Gasteiger charge is -2.25. The maximum Gasteiger partial charge on any atom is 0.0681 e. The van der Waals surface area contributed by atoms with Crippen molar-refractivity contribution in [2.24, 2.45) is 0 Å². The summed E-state index contributed by atoms with van der Waals surface area (Å²) in [6, 6.07) is 38.1. The lowest BCUT2D eigenvalue weighted by molar-refractivity contribution is 0.659. The highest BCUT2D eigenvalue weighted by Crippen LogP contribution is 2.57. The Morgan fingerprint density at radius 3 is 2.31 bits per heavy atom. The third-order valence-corrected chi connectivity index (χ3v) is 9.12. The van der Waals surface area contributed by atoms with Gasteiger partial charge in [0.2, 0.25) is 0 Å². The van der Waals surface area contributed by atoms with Crippen LogP contribution in [0.15, 0.2) is 113 Å². The summed E-state index contributed by atoms with van der Waals surface area (Å²) in [6.45, 7) is 4.73. The summed E-state index contributed by atoms with van der Waals surface area (Å²) in [6.07, 6.45) is 0. The number of para-hydroxylation sites is 1. The molecule has 6 aromatic rings. The van der Waals surface area contributed by atoms with Crippen LogP contribution in [0.1, 0.15) is 25.0 Å². The van der Waals surface area contributed by atoms with Crippen LogP contribution in [-0.2, 0) is 5.41 Å². The molecule has 1 aromatic heterocycles. The Morgan fingerprint density at radius 1 is 0.657 bits per heavy atom. The summed E-state index contributed by atoms with van der Waals surface area (Å²) < 4.78 is 2.51. The quantitative estimate of drug-likeness (QED) is 0.234. The van der Waals surface area contributed by atoms with E-state index in [2.05, 4.69) is 122 Å². The van der Waals surface area contributed by atoms with Crippen LogP contribution in [0.4, 0.5) is 0 Å². The molecule has 8 rings (SSSR count). The van der Waals surface area contributed by atoms with Crippen molar-refractivity contribution in [1.82, 2.24) is 4.57 Å². The predicted molar refractivity (Wildman–Crippen MR) is 148 cm³/mol. The Morgan fingerprint density at radius 2 is 1.43 bits per heavy atom. The van der Waals surface area contributed by atoms with E-state index in [0.717, 1.165) is 0 Å². The first-order chi connectivity index (χ1) is 17.1. The lowest BCUT2D eigenvalue weighted by atomic mass is 9.82. The first-order valence-electron chi connectivity index (χ1n) is 12.2. The third kappa shape index (κ3) is 2.45. The van der Waals surface area contributed by atoms with Crippen LogP contribution in [0.25, 0.3) is 49.7 Å². The fraction of sp³-hybridized carbons (Fsp3) is 0.0909. The first kappa shape index (κ1) is 19.5. The molecule has 0 N–H and O–H groups in total. The van der Waals surface area contributed by atoms with E-state index in [-0.39, 0.29) is 5.41 Å². The highest BCUT2D eigenvalue weighted by Gasteiger charge is 2.39. The summed E-state index contributed by atoms with van der Waals surface area (Å²) in [5.41, 5.74) is 12.1. The maximum atomic E-state index is 2.51. The van der Waals surface area contributed by atoms with Gasteiger partial charge in [0, 0.05) is 31.5 Å². The number of benzene rings is 5. The van der Waals surface area contributed by atoms with E-state index in [4.69, 9.17) is 0 Å². The van der Waals surface area contributed by atoms with Crippen LogP contribution in [0, 0.1) is 0 Å². The molecule has 0 amide bonds. The molecule has 0 spiro atoms. The molecule has 0 fully saturated rings. The zero-order chi connectivity index (χ0) is 23.3. The van der Waals surface area contributed by atoms with Gasteiger partial charge >= 0.3 is 0 Å². The Labute approximate surface area is 209 Å². The van der Waals surface area contributed by atoms with Crippen molar-refractivity contribution in [3.8, 4) is 27.9 Å². The van der Waals surface area contributed by atoms with Crippen LogP contribution in [0.5, 0.6) is 0 Å². The monoisotopic (exact) mass is 465 g/mol. The van der Waals surface area contributed by atoms with Crippen molar-refractivity contribution >= 4 is 33.6 Å². The molecular formula is C33H23NS. The van der Waals surface area contributed by atoms with Gasteiger partial charge < -0.3 is 4.57 Å². The first-order valence-corrected chi connectivity index (χ1v) is 13.0. The summed E-state index contributed by atoms with van der Waals surface area (Å²) in [7, 11) is 0. The van der Waals surface area contributed by atoms with E-state index in [1.54, 1.807) is 0 Å². The van der Waals surface area contributed by atoms with Crippen molar-refractivity contribution in [2.45, 2.75) is 29.1 Å². The van der Waals surface area contributed by atoms with Gasteiger partial charge in [-0.1, -0.05) is 104 Å². The van der Waals surface area contributed by atoms with E-state index < -0.39 is 0 Å². The summed E-state index contributed by atoms with van der Waals surface area (Å²) in [5, 5.41) is 2.65. The van der Waals surface area contributed by atoms with E-state index in [1.165, 1.54) is 70.7 Å². The van der Waals surface area contributed by atoms with Gasteiger partial charge in [-0.2, -0.15) is 0 Å². The molecule has 2 aliphatic rings. The van der Waals surface area contributed by atoms with Gasteiger partial charge in [0.1, 0.15) is 0 Å². The van der Waals surface area contributed by atoms with E-state index in [0.29, 0.717) is 0 Å². The van der Waals surface area contributed by atoms with Gasteiger partial charge in [0.25, 0.3) is 0 Å². The number of aromatic nitrogens is 1. The molecule has 1 aliphatic heterocycles. The van der Waals surface area contributed by atoms with Crippen LogP contribution in [0.2, 0.25) is 0 Å². The van der Waals surface area contributed by atoms with Gasteiger partial charge in [-0.05, 0) is 52.1 Å². The number of nitrogens with zero attached hydrogens (tertiary/aromatic N) is 1. The van der Waals surface area contributed by atoms with E-state index in [1.807, 2.05) is 11.8 Å². The molecule has 166 valence electrons. The van der Waals surface area contributed by atoms with Crippen LogP contribution in [-0.4, -0.2) is 4.57 Å². The minimum absolute atomic E-state index is 0.00174. The Kier molecular flexibility index (Phi) is 3.73. The minimum atomic E-state index is 0.00174. The van der Waals surface area contributed by atoms with Gasteiger partial charge in [0.15, 0.2) is 0 Å². The van der Waals surface area contributed by atoms with Crippen LogP contribution < -0.4 is 0 Å². The van der Waals surface area contributed by atoms with Crippen molar-refractivity contribution in [2.75, 3.05) is 0 Å². The van der Waals surface area contributed by atoms with Gasteiger partial charge in [-0.25, -0.2) is 0 Å². The van der Waals surface area contributed by atoms with E-state index in [9.17, 15) is 0 Å². The molecule has 2 heterocycles. The molecular weight excluding hydrogens is 442 g/mol.